The van der Waals surface area contributed by atoms with Crippen molar-refractivity contribution in [2.24, 2.45) is 5.92 Å². The summed E-state index contributed by atoms with van der Waals surface area (Å²) in [5.41, 5.74) is 0.748. The number of H-pyrrole nitrogens is 1. The van der Waals surface area contributed by atoms with Crippen molar-refractivity contribution in [2.45, 2.75) is 33.6 Å². The lowest BCUT2D eigenvalue weighted by molar-refractivity contribution is -0.141. The zero-order chi connectivity index (χ0) is 17.1. The third kappa shape index (κ3) is 3.95. The van der Waals surface area contributed by atoms with Crippen LogP contribution in [0.1, 0.15) is 29.6 Å². The van der Waals surface area contributed by atoms with Crippen molar-refractivity contribution in [3.8, 4) is 0 Å². The first-order chi connectivity index (χ1) is 10.8. The molecule has 2 heterocycles. The lowest BCUT2D eigenvalue weighted by atomic mass is 10.2. The first kappa shape index (κ1) is 17.1. The predicted octanol–water partition coefficient (Wildman–Crippen LogP) is 1.37. The van der Waals surface area contributed by atoms with Crippen LogP contribution < -0.4 is 10.9 Å². The van der Waals surface area contributed by atoms with E-state index in [4.69, 9.17) is 5.11 Å². The van der Waals surface area contributed by atoms with Crippen LogP contribution in [0.3, 0.4) is 0 Å². The molecule has 7 nitrogen and oxygen atoms in total. The van der Waals surface area contributed by atoms with Gasteiger partial charge in [-0.25, -0.2) is 4.98 Å². The Morgan fingerprint density at radius 2 is 2.09 bits per heavy atom. The van der Waals surface area contributed by atoms with Gasteiger partial charge in [-0.05, 0) is 19.4 Å². The van der Waals surface area contributed by atoms with Crippen LogP contribution >= 0.6 is 11.3 Å². The number of carboxylic acid groups (broad SMARTS) is 1. The Balaban J connectivity index is 2.01. The molecule has 0 spiro atoms. The number of carbonyl (C=O) groups excluding carboxylic acids is 1. The first-order valence-corrected chi connectivity index (χ1v) is 8.09. The number of rotatable bonds is 6. The fraction of sp³-hybridized carbons (Fsp3) is 0.467. The molecule has 2 rings (SSSR count). The number of carboxylic acids is 1. The van der Waals surface area contributed by atoms with Crippen LogP contribution in [0.15, 0.2) is 4.79 Å². The van der Waals surface area contributed by atoms with Crippen molar-refractivity contribution < 1.29 is 14.7 Å². The fourth-order valence-electron chi connectivity index (χ4n) is 2.09. The van der Waals surface area contributed by atoms with Crippen LogP contribution in [0.2, 0.25) is 0 Å². The molecule has 0 fully saturated rings. The summed E-state index contributed by atoms with van der Waals surface area (Å²) >= 11 is 1.46. The van der Waals surface area contributed by atoms with Gasteiger partial charge in [-0.2, -0.15) is 0 Å². The molecule has 8 heteroatoms. The number of hydrogen-bond acceptors (Lipinski definition) is 5. The average Bonchev–Trinajstić information content (AvgIpc) is 2.77. The van der Waals surface area contributed by atoms with E-state index in [0.717, 1.165) is 10.4 Å². The average molecular weight is 337 g/mol. The summed E-state index contributed by atoms with van der Waals surface area (Å²) < 4.78 is 0. The summed E-state index contributed by atoms with van der Waals surface area (Å²) in [6.07, 6.45) is 0.443. The van der Waals surface area contributed by atoms with Crippen LogP contribution in [0, 0.1) is 19.8 Å². The normalized spacial score (nSPS) is 12.3. The molecule has 0 aromatic carbocycles. The van der Waals surface area contributed by atoms with E-state index in [1.807, 2.05) is 13.8 Å². The number of aryl methyl sites for hydroxylation is 3. The highest BCUT2D eigenvalue weighted by Crippen LogP contribution is 2.25. The monoisotopic (exact) mass is 337 g/mol. The van der Waals surface area contributed by atoms with E-state index in [2.05, 4.69) is 15.3 Å². The molecule has 0 radical (unpaired) electrons. The molecule has 3 N–H and O–H groups in total. The Morgan fingerprint density at radius 1 is 1.39 bits per heavy atom. The van der Waals surface area contributed by atoms with Crippen LogP contribution in [0.25, 0.3) is 10.2 Å². The zero-order valence-electron chi connectivity index (χ0n) is 13.2. The molecule has 1 atom stereocenters. The third-order valence-electron chi connectivity index (χ3n) is 3.70. The number of carbonyl (C=O) groups is 2. The van der Waals surface area contributed by atoms with Gasteiger partial charge in [0, 0.05) is 24.3 Å². The van der Waals surface area contributed by atoms with Crippen molar-refractivity contribution in [1.29, 1.82) is 0 Å². The molecule has 0 aliphatic heterocycles. The quantitative estimate of drug-likeness (QED) is 0.737. The summed E-state index contributed by atoms with van der Waals surface area (Å²) in [5.74, 6) is -1.39. The van der Waals surface area contributed by atoms with Gasteiger partial charge in [0.2, 0.25) is 5.91 Å². The van der Waals surface area contributed by atoms with Gasteiger partial charge >= 0.3 is 5.97 Å². The minimum atomic E-state index is -0.954. The minimum absolute atomic E-state index is 0.0838. The van der Waals surface area contributed by atoms with Gasteiger partial charge in [0.1, 0.15) is 10.7 Å². The summed E-state index contributed by atoms with van der Waals surface area (Å²) in [5, 5.41) is 11.9. The molecule has 124 valence electrons. The zero-order valence-corrected chi connectivity index (χ0v) is 14.0. The van der Waals surface area contributed by atoms with Crippen LogP contribution in [-0.2, 0) is 16.0 Å². The highest BCUT2D eigenvalue weighted by atomic mass is 32.1. The van der Waals surface area contributed by atoms with Crippen LogP contribution in [0.4, 0.5) is 0 Å². The van der Waals surface area contributed by atoms with E-state index in [1.165, 1.54) is 18.3 Å². The summed E-state index contributed by atoms with van der Waals surface area (Å²) in [4.78, 5) is 43.4. The number of nitrogens with zero attached hydrogens (tertiary/aromatic N) is 1. The molecule has 23 heavy (non-hydrogen) atoms. The number of thiophene rings is 1. The van der Waals surface area contributed by atoms with E-state index < -0.39 is 11.9 Å². The summed E-state index contributed by atoms with van der Waals surface area (Å²) in [6, 6.07) is 0. The van der Waals surface area contributed by atoms with Crippen molar-refractivity contribution in [3.63, 3.8) is 0 Å². The smallest absolute Gasteiger partial charge is 0.308 e. The van der Waals surface area contributed by atoms with E-state index in [9.17, 15) is 14.4 Å². The fourth-order valence-corrected chi connectivity index (χ4v) is 3.14. The second-order valence-corrected chi connectivity index (χ2v) is 6.72. The number of nitrogens with one attached hydrogen (secondary N) is 2. The second kappa shape index (κ2) is 6.91. The van der Waals surface area contributed by atoms with E-state index >= 15 is 0 Å². The standard InChI is InChI=1S/C15H19N3O4S/c1-7(15(21)22)6-16-11(19)5-4-10-17-13(20)12-8(2)9(3)23-14(12)18-10/h7H,4-6H2,1-3H3,(H,16,19)(H,21,22)(H,17,18,20). The molecule has 0 bridgehead atoms. The van der Waals surface area contributed by atoms with Crippen molar-refractivity contribution in [2.75, 3.05) is 6.54 Å². The van der Waals surface area contributed by atoms with Gasteiger partial charge in [-0.1, -0.05) is 6.92 Å². The Kier molecular flexibility index (Phi) is 5.15. The van der Waals surface area contributed by atoms with Crippen molar-refractivity contribution in [1.82, 2.24) is 15.3 Å². The molecule has 2 aromatic rings. The second-order valence-electron chi connectivity index (χ2n) is 5.52. The summed E-state index contributed by atoms with van der Waals surface area (Å²) in [7, 11) is 0. The lowest BCUT2D eigenvalue weighted by Crippen LogP contribution is -2.31. The number of hydrogen-bond donors (Lipinski definition) is 3. The number of amides is 1. The van der Waals surface area contributed by atoms with Gasteiger partial charge in [0.25, 0.3) is 5.56 Å². The van der Waals surface area contributed by atoms with E-state index in [0.29, 0.717) is 22.5 Å². The van der Waals surface area contributed by atoms with Gasteiger partial charge in [-0.3, -0.25) is 14.4 Å². The van der Waals surface area contributed by atoms with E-state index in [-0.39, 0.29) is 24.4 Å². The van der Waals surface area contributed by atoms with Gasteiger partial charge in [0.15, 0.2) is 0 Å². The van der Waals surface area contributed by atoms with E-state index in [1.54, 1.807) is 0 Å². The molecule has 0 aliphatic carbocycles. The number of aliphatic carboxylic acids is 1. The number of aromatic amines is 1. The van der Waals surface area contributed by atoms with Crippen molar-refractivity contribution >= 4 is 33.4 Å². The van der Waals surface area contributed by atoms with Gasteiger partial charge in [0.05, 0.1) is 11.3 Å². The molecule has 1 amide bonds. The summed E-state index contributed by atoms with van der Waals surface area (Å²) in [6.45, 7) is 5.44. The largest absolute Gasteiger partial charge is 0.481 e. The minimum Gasteiger partial charge on any atom is -0.481 e. The number of aromatic nitrogens is 2. The van der Waals surface area contributed by atoms with Crippen molar-refractivity contribution in [3.05, 3.63) is 26.6 Å². The topological polar surface area (TPSA) is 112 Å². The van der Waals surface area contributed by atoms with Crippen LogP contribution in [0.5, 0.6) is 0 Å². The maximum absolute atomic E-state index is 12.1. The Labute approximate surface area is 136 Å². The molecule has 0 saturated heterocycles. The Bertz CT molecular complexity index is 809. The molecule has 0 saturated carbocycles. The maximum Gasteiger partial charge on any atom is 0.308 e. The lowest BCUT2D eigenvalue weighted by Gasteiger charge is -2.08. The molecular formula is C15H19N3O4S. The van der Waals surface area contributed by atoms with Crippen LogP contribution in [-0.4, -0.2) is 33.5 Å². The van der Waals surface area contributed by atoms with Gasteiger partial charge in [-0.15, -0.1) is 11.3 Å². The molecular weight excluding hydrogens is 318 g/mol. The maximum atomic E-state index is 12.1. The Hall–Kier alpha value is -2.22. The third-order valence-corrected chi connectivity index (χ3v) is 4.81. The molecule has 1 unspecified atom stereocenters. The highest BCUT2D eigenvalue weighted by molar-refractivity contribution is 7.18. The first-order valence-electron chi connectivity index (χ1n) is 7.28. The highest BCUT2D eigenvalue weighted by Gasteiger charge is 2.14. The molecule has 2 aromatic heterocycles. The predicted molar refractivity (Wildman–Crippen MR) is 87.8 cm³/mol. The Morgan fingerprint density at radius 3 is 2.74 bits per heavy atom. The SMILES string of the molecule is Cc1sc2nc(CCC(=O)NCC(C)C(=O)O)[nH]c(=O)c2c1C. The molecule has 0 aliphatic rings. The number of fused-ring (bicyclic) bond motifs is 1. The van der Waals surface area contributed by atoms with Gasteiger partial charge < -0.3 is 15.4 Å².